The van der Waals surface area contributed by atoms with Gasteiger partial charge in [-0.3, -0.25) is 0 Å². The summed E-state index contributed by atoms with van der Waals surface area (Å²) in [5.41, 5.74) is 3.70. The van der Waals surface area contributed by atoms with Crippen LogP contribution < -0.4 is 14.2 Å². The van der Waals surface area contributed by atoms with Crippen LogP contribution in [0.25, 0.3) is 10.8 Å². The molecule has 0 amide bonds. The van der Waals surface area contributed by atoms with E-state index in [2.05, 4.69) is 47.9 Å². The van der Waals surface area contributed by atoms with Crippen LogP contribution in [0, 0.1) is 23.7 Å². The van der Waals surface area contributed by atoms with Gasteiger partial charge in [-0.1, -0.05) is 35.8 Å². The van der Waals surface area contributed by atoms with Crippen molar-refractivity contribution in [1.29, 1.82) is 0 Å². The maximum atomic E-state index is 5.31. The molecule has 0 aliphatic heterocycles. The predicted molar refractivity (Wildman–Crippen MR) is 128 cm³/mol. The number of hydrogen-bond donors (Lipinski definition) is 0. The van der Waals surface area contributed by atoms with E-state index < -0.39 is 0 Å². The molecule has 4 rings (SSSR count). The molecule has 0 fully saturated rings. The minimum absolute atomic E-state index is 0.718. The van der Waals surface area contributed by atoms with Crippen LogP contribution in [-0.2, 0) is 0 Å². The first kappa shape index (κ1) is 20.9. The molecule has 0 N–H and O–H groups in total. The van der Waals surface area contributed by atoms with Gasteiger partial charge in [0.15, 0.2) is 0 Å². The summed E-state index contributed by atoms with van der Waals surface area (Å²) in [6.07, 6.45) is 0. The van der Waals surface area contributed by atoms with Gasteiger partial charge in [0.1, 0.15) is 17.2 Å². The number of fused-ring (bicyclic) bond motifs is 1. The van der Waals surface area contributed by atoms with E-state index in [1.807, 2.05) is 54.6 Å². The molecule has 3 heteroatoms. The summed E-state index contributed by atoms with van der Waals surface area (Å²) in [4.78, 5) is 0. The van der Waals surface area contributed by atoms with Crippen LogP contribution in [0.15, 0.2) is 78.9 Å². The first-order valence-corrected chi connectivity index (χ1v) is 10.1. The fraction of sp³-hybridized carbons (Fsp3) is 0.103. The molecule has 0 aliphatic rings. The molecule has 0 saturated carbocycles. The van der Waals surface area contributed by atoms with Gasteiger partial charge in [0.25, 0.3) is 0 Å². The highest BCUT2D eigenvalue weighted by Crippen LogP contribution is 2.22. The molecule has 4 aromatic rings. The Kier molecular flexibility index (Phi) is 6.30. The molecule has 0 aliphatic carbocycles. The van der Waals surface area contributed by atoms with Crippen LogP contribution in [0.2, 0.25) is 0 Å². The van der Waals surface area contributed by atoms with E-state index in [1.54, 1.807) is 21.3 Å². The first-order valence-electron chi connectivity index (χ1n) is 10.1. The van der Waals surface area contributed by atoms with E-state index in [4.69, 9.17) is 14.2 Å². The second-order valence-corrected chi connectivity index (χ2v) is 7.11. The Hall–Kier alpha value is -4.34. The maximum absolute atomic E-state index is 5.31. The first-order chi connectivity index (χ1) is 15.7. The van der Waals surface area contributed by atoms with Gasteiger partial charge in [0, 0.05) is 28.3 Å². The normalized spacial score (nSPS) is 9.84. The quantitative estimate of drug-likeness (QED) is 0.402. The molecule has 3 nitrogen and oxygen atoms in total. The van der Waals surface area contributed by atoms with Gasteiger partial charge >= 0.3 is 0 Å². The average Bonchev–Trinajstić information content (AvgIpc) is 2.86. The van der Waals surface area contributed by atoms with Crippen molar-refractivity contribution in [3.05, 3.63) is 101 Å². The van der Waals surface area contributed by atoms with E-state index in [9.17, 15) is 0 Å². The van der Waals surface area contributed by atoms with Crippen LogP contribution in [0.3, 0.4) is 0 Å². The third kappa shape index (κ3) is 5.04. The molecule has 0 heterocycles. The Labute approximate surface area is 188 Å². The third-order valence-electron chi connectivity index (χ3n) is 4.98. The van der Waals surface area contributed by atoms with E-state index in [0.29, 0.717) is 0 Å². The van der Waals surface area contributed by atoms with Crippen LogP contribution in [0.4, 0.5) is 0 Å². The summed E-state index contributed by atoms with van der Waals surface area (Å²) in [6.45, 7) is 0. The van der Waals surface area contributed by atoms with Crippen LogP contribution in [-0.4, -0.2) is 21.3 Å². The fourth-order valence-corrected chi connectivity index (χ4v) is 3.24. The van der Waals surface area contributed by atoms with Gasteiger partial charge in [-0.15, -0.1) is 0 Å². The van der Waals surface area contributed by atoms with E-state index >= 15 is 0 Å². The fourth-order valence-electron chi connectivity index (χ4n) is 3.24. The van der Waals surface area contributed by atoms with Gasteiger partial charge in [-0.25, -0.2) is 0 Å². The summed E-state index contributed by atoms with van der Waals surface area (Å²) in [6, 6.07) is 25.7. The molecular weight excluding hydrogens is 396 g/mol. The lowest BCUT2D eigenvalue weighted by atomic mass is 10.0. The lowest BCUT2D eigenvalue weighted by Gasteiger charge is -2.04. The predicted octanol–water partition coefficient (Wildman–Crippen LogP) is 5.67. The van der Waals surface area contributed by atoms with Crippen molar-refractivity contribution in [3.63, 3.8) is 0 Å². The van der Waals surface area contributed by atoms with E-state index in [0.717, 1.165) is 50.3 Å². The molecule has 0 atom stereocenters. The Balaban J connectivity index is 1.56. The zero-order valence-corrected chi connectivity index (χ0v) is 18.2. The van der Waals surface area contributed by atoms with Crippen molar-refractivity contribution < 1.29 is 14.2 Å². The smallest absolute Gasteiger partial charge is 0.123 e. The average molecular weight is 418 g/mol. The van der Waals surface area contributed by atoms with Crippen molar-refractivity contribution in [3.8, 4) is 40.9 Å². The van der Waals surface area contributed by atoms with Gasteiger partial charge in [-0.2, -0.15) is 0 Å². The number of rotatable bonds is 3. The SMILES string of the molecule is COc1ccc(C#Cc2ccc3cc(C#Cc4cc(OC)cc(OC)c4)ccc3c2)cc1. The molecule has 156 valence electrons. The highest BCUT2D eigenvalue weighted by Gasteiger charge is 2.00. The van der Waals surface area contributed by atoms with E-state index in [-0.39, 0.29) is 0 Å². The molecule has 32 heavy (non-hydrogen) atoms. The molecule has 0 unspecified atom stereocenters. The number of benzene rings is 4. The lowest BCUT2D eigenvalue weighted by molar-refractivity contribution is 0.394. The second kappa shape index (κ2) is 9.65. The number of ether oxygens (including phenoxy) is 3. The molecule has 4 aromatic carbocycles. The third-order valence-corrected chi connectivity index (χ3v) is 4.98. The summed E-state index contributed by atoms with van der Waals surface area (Å²) < 4.78 is 15.8. The van der Waals surface area contributed by atoms with Gasteiger partial charge in [0.05, 0.1) is 21.3 Å². The maximum Gasteiger partial charge on any atom is 0.123 e. The minimum atomic E-state index is 0.718. The van der Waals surface area contributed by atoms with Gasteiger partial charge in [0.2, 0.25) is 0 Å². The monoisotopic (exact) mass is 418 g/mol. The molecular formula is C29H22O3. The minimum Gasteiger partial charge on any atom is -0.497 e. The van der Waals surface area contributed by atoms with Crippen molar-refractivity contribution in [2.75, 3.05) is 21.3 Å². The summed E-state index contributed by atoms with van der Waals surface area (Å²) in [5, 5.41) is 2.25. The molecule has 0 bridgehead atoms. The number of methoxy groups -OCH3 is 3. The van der Waals surface area contributed by atoms with Crippen molar-refractivity contribution >= 4 is 10.8 Å². The summed E-state index contributed by atoms with van der Waals surface area (Å²) >= 11 is 0. The van der Waals surface area contributed by atoms with Crippen molar-refractivity contribution in [2.24, 2.45) is 0 Å². The molecule has 0 radical (unpaired) electrons. The number of hydrogen-bond acceptors (Lipinski definition) is 3. The molecule has 0 aromatic heterocycles. The second-order valence-electron chi connectivity index (χ2n) is 7.11. The van der Waals surface area contributed by atoms with Crippen LogP contribution in [0.5, 0.6) is 17.2 Å². The van der Waals surface area contributed by atoms with Crippen molar-refractivity contribution in [1.82, 2.24) is 0 Å². The zero-order valence-electron chi connectivity index (χ0n) is 18.2. The van der Waals surface area contributed by atoms with Crippen LogP contribution in [0.1, 0.15) is 22.3 Å². The van der Waals surface area contributed by atoms with Gasteiger partial charge < -0.3 is 14.2 Å². The Morgan fingerprint density at radius 2 is 0.844 bits per heavy atom. The van der Waals surface area contributed by atoms with Crippen molar-refractivity contribution in [2.45, 2.75) is 0 Å². The Bertz CT molecular complexity index is 1360. The molecule has 0 spiro atoms. The summed E-state index contributed by atoms with van der Waals surface area (Å²) in [7, 11) is 4.92. The largest absolute Gasteiger partial charge is 0.497 e. The lowest BCUT2D eigenvalue weighted by Crippen LogP contribution is -1.88. The Morgan fingerprint density at radius 1 is 0.406 bits per heavy atom. The van der Waals surface area contributed by atoms with Gasteiger partial charge in [-0.05, 0) is 71.4 Å². The zero-order chi connectivity index (χ0) is 22.3. The van der Waals surface area contributed by atoms with Crippen LogP contribution >= 0.6 is 0 Å². The summed E-state index contributed by atoms with van der Waals surface area (Å²) in [5.74, 6) is 15.1. The highest BCUT2D eigenvalue weighted by molar-refractivity contribution is 5.85. The highest BCUT2D eigenvalue weighted by atomic mass is 16.5. The van der Waals surface area contributed by atoms with E-state index in [1.165, 1.54) is 0 Å². The topological polar surface area (TPSA) is 27.7 Å². The molecule has 0 saturated heterocycles. The Morgan fingerprint density at radius 3 is 1.34 bits per heavy atom. The standard InChI is InChI=1S/C29H22O3/c1-30-27-14-10-21(11-15-27)4-5-22-8-12-26-17-23(9-13-25(26)16-22)6-7-24-18-28(31-2)20-29(19-24)32-3/h8-20H,1-3H3.